The molecule has 4 nitrogen and oxygen atoms in total. The predicted molar refractivity (Wildman–Crippen MR) is 74.7 cm³/mol. The molecule has 0 spiro atoms. The van der Waals surface area contributed by atoms with Crippen LogP contribution in [0.2, 0.25) is 0 Å². The van der Waals surface area contributed by atoms with Crippen molar-refractivity contribution in [2.75, 3.05) is 37.8 Å². The minimum Gasteiger partial charge on any atom is -0.399 e. The fourth-order valence-electron chi connectivity index (χ4n) is 2.37. The Bertz CT molecular complexity index is 443. The molecule has 0 saturated heterocycles. The van der Waals surface area contributed by atoms with E-state index in [2.05, 4.69) is 17.0 Å². The van der Waals surface area contributed by atoms with Gasteiger partial charge in [0.05, 0.1) is 0 Å². The van der Waals surface area contributed by atoms with Crippen molar-refractivity contribution >= 4 is 17.3 Å². The number of rotatable bonds is 4. The van der Waals surface area contributed by atoms with Gasteiger partial charge in [0.2, 0.25) is 5.91 Å². The Morgan fingerprint density at radius 1 is 1.44 bits per heavy atom. The summed E-state index contributed by atoms with van der Waals surface area (Å²) >= 11 is 0. The highest BCUT2D eigenvalue weighted by Crippen LogP contribution is 2.29. The van der Waals surface area contributed by atoms with Gasteiger partial charge in [0.15, 0.2) is 0 Å². The molecular formula is C14H21N3O. The van der Waals surface area contributed by atoms with Crippen LogP contribution in [0, 0.1) is 0 Å². The SMILES string of the molecule is CN(C)C(=O)CCCN1CCc2cc(N)ccc21. The maximum Gasteiger partial charge on any atom is 0.222 e. The summed E-state index contributed by atoms with van der Waals surface area (Å²) in [4.78, 5) is 15.5. The number of carbonyl (C=O) groups is 1. The average molecular weight is 247 g/mol. The molecule has 1 amide bonds. The second-order valence-corrected chi connectivity index (χ2v) is 5.02. The van der Waals surface area contributed by atoms with Gasteiger partial charge in [-0.25, -0.2) is 0 Å². The first kappa shape index (κ1) is 12.7. The smallest absolute Gasteiger partial charge is 0.222 e. The summed E-state index contributed by atoms with van der Waals surface area (Å²) in [6.07, 6.45) is 2.58. The molecule has 1 aromatic rings. The summed E-state index contributed by atoms with van der Waals surface area (Å²) in [5.74, 6) is 0.201. The van der Waals surface area contributed by atoms with Crippen LogP contribution in [0.3, 0.4) is 0 Å². The van der Waals surface area contributed by atoms with Crippen molar-refractivity contribution in [1.29, 1.82) is 0 Å². The lowest BCUT2D eigenvalue weighted by molar-refractivity contribution is -0.128. The third-order valence-corrected chi connectivity index (χ3v) is 3.41. The summed E-state index contributed by atoms with van der Waals surface area (Å²) in [5, 5.41) is 0. The summed E-state index contributed by atoms with van der Waals surface area (Å²) < 4.78 is 0. The number of amides is 1. The number of anilines is 2. The fraction of sp³-hybridized carbons (Fsp3) is 0.500. The Morgan fingerprint density at radius 3 is 2.94 bits per heavy atom. The topological polar surface area (TPSA) is 49.6 Å². The van der Waals surface area contributed by atoms with Gasteiger partial charge < -0.3 is 15.5 Å². The fourth-order valence-corrected chi connectivity index (χ4v) is 2.37. The predicted octanol–water partition coefficient (Wildman–Crippen LogP) is 1.50. The average Bonchev–Trinajstić information content (AvgIpc) is 2.71. The lowest BCUT2D eigenvalue weighted by Crippen LogP contribution is -2.25. The molecule has 2 rings (SSSR count). The van der Waals surface area contributed by atoms with E-state index < -0.39 is 0 Å². The maximum absolute atomic E-state index is 11.5. The number of fused-ring (bicyclic) bond motifs is 1. The molecule has 1 aliphatic rings. The minimum atomic E-state index is 0.201. The molecule has 0 atom stereocenters. The molecule has 0 fully saturated rings. The second kappa shape index (κ2) is 5.29. The van der Waals surface area contributed by atoms with Gasteiger partial charge in [-0.1, -0.05) is 0 Å². The lowest BCUT2D eigenvalue weighted by atomic mass is 10.1. The van der Waals surface area contributed by atoms with Crippen LogP contribution in [0.25, 0.3) is 0 Å². The van der Waals surface area contributed by atoms with E-state index in [1.54, 1.807) is 19.0 Å². The molecule has 0 saturated carbocycles. The highest BCUT2D eigenvalue weighted by molar-refractivity contribution is 5.75. The van der Waals surface area contributed by atoms with Gasteiger partial charge in [-0.2, -0.15) is 0 Å². The van der Waals surface area contributed by atoms with Gasteiger partial charge in [-0.3, -0.25) is 4.79 Å². The van der Waals surface area contributed by atoms with E-state index in [1.165, 1.54) is 11.3 Å². The van der Waals surface area contributed by atoms with Crippen molar-refractivity contribution in [3.05, 3.63) is 23.8 Å². The van der Waals surface area contributed by atoms with E-state index in [4.69, 9.17) is 5.73 Å². The summed E-state index contributed by atoms with van der Waals surface area (Å²) in [6.45, 7) is 1.98. The summed E-state index contributed by atoms with van der Waals surface area (Å²) in [7, 11) is 3.60. The van der Waals surface area contributed by atoms with Crippen LogP contribution >= 0.6 is 0 Å². The van der Waals surface area contributed by atoms with E-state index in [1.807, 2.05) is 6.07 Å². The molecule has 4 heteroatoms. The number of nitrogens with zero attached hydrogens (tertiary/aromatic N) is 2. The second-order valence-electron chi connectivity index (χ2n) is 5.02. The standard InChI is InChI=1S/C14H21N3O/c1-16(2)14(18)4-3-8-17-9-7-11-10-12(15)5-6-13(11)17/h5-6,10H,3-4,7-9,15H2,1-2H3. The van der Waals surface area contributed by atoms with Crippen LogP contribution < -0.4 is 10.6 Å². The van der Waals surface area contributed by atoms with Crippen molar-refractivity contribution < 1.29 is 4.79 Å². The molecule has 1 aliphatic heterocycles. The van der Waals surface area contributed by atoms with Crippen LogP contribution in [-0.4, -0.2) is 38.0 Å². The van der Waals surface area contributed by atoms with Gasteiger partial charge in [0, 0.05) is 45.0 Å². The lowest BCUT2D eigenvalue weighted by Gasteiger charge is -2.19. The quantitative estimate of drug-likeness (QED) is 0.820. The zero-order chi connectivity index (χ0) is 13.1. The van der Waals surface area contributed by atoms with Crippen LogP contribution in [-0.2, 0) is 11.2 Å². The number of hydrogen-bond acceptors (Lipinski definition) is 3. The Kier molecular flexibility index (Phi) is 3.75. The van der Waals surface area contributed by atoms with Crippen LogP contribution in [0.4, 0.5) is 11.4 Å². The molecule has 0 aliphatic carbocycles. The molecule has 2 N–H and O–H groups in total. The van der Waals surface area contributed by atoms with Gasteiger partial charge in [-0.05, 0) is 36.6 Å². The van der Waals surface area contributed by atoms with E-state index in [0.717, 1.165) is 31.6 Å². The van der Waals surface area contributed by atoms with Gasteiger partial charge in [-0.15, -0.1) is 0 Å². The third-order valence-electron chi connectivity index (χ3n) is 3.41. The molecule has 98 valence electrons. The number of carbonyl (C=O) groups excluding carboxylic acids is 1. The maximum atomic E-state index is 11.5. The zero-order valence-electron chi connectivity index (χ0n) is 11.1. The molecule has 1 aromatic carbocycles. The number of nitrogen functional groups attached to an aromatic ring is 1. The van der Waals surface area contributed by atoms with Crippen molar-refractivity contribution in [3.8, 4) is 0 Å². The molecule has 0 bridgehead atoms. The molecule has 1 heterocycles. The zero-order valence-corrected chi connectivity index (χ0v) is 11.1. The third kappa shape index (κ3) is 2.75. The summed E-state index contributed by atoms with van der Waals surface area (Å²) in [5.41, 5.74) is 9.22. The van der Waals surface area contributed by atoms with Crippen molar-refractivity contribution in [2.45, 2.75) is 19.3 Å². The molecule has 18 heavy (non-hydrogen) atoms. The highest BCUT2D eigenvalue weighted by atomic mass is 16.2. The Morgan fingerprint density at radius 2 is 2.22 bits per heavy atom. The first-order valence-electron chi connectivity index (χ1n) is 6.41. The monoisotopic (exact) mass is 247 g/mol. The Balaban J connectivity index is 1.88. The Hall–Kier alpha value is -1.71. The molecule has 0 unspecified atom stereocenters. The number of benzene rings is 1. The normalized spacial score (nSPS) is 13.6. The molecular weight excluding hydrogens is 226 g/mol. The van der Waals surface area contributed by atoms with Crippen molar-refractivity contribution in [2.24, 2.45) is 0 Å². The first-order chi connectivity index (χ1) is 8.58. The van der Waals surface area contributed by atoms with Crippen molar-refractivity contribution in [3.63, 3.8) is 0 Å². The Labute approximate surface area is 108 Å². The van der Waals surface area contributed by atoms with E-state index in [9.17, 15) is 4.79 Å². The molecule has 0 aromatic heterocycles. The molecule has 0 radical (unpaired) electrons. The summed E-state index contributed by atoms with van der Waals surface area (Å²) in [6, 6.07) is 6.09. The van der Waals surface area contributed by atoms with Crippen LogP contribution in [0.1, 0.15) is 18.4 Å². The number of nitrogens with two attached hydrogens (primary N) is 1. The van der Waals surface area contributed by atoms with Gasteiger partial charge >= 0.3 is 0 Å². The minimum absolute atomic E-state index is 0.201. The van der Waals surface area contributed by atoms with Crippen molar-refractivity contribution in [1.82, 2.24) is 4.90 Å². The number of hydrogen-bond donors (Lipinski definition) is 1. The first-order valence-corrected chi connectivity index (χ1v) is 6.41. The van der Waals surface area contributed by atoms with Crippen LogP contribution in [0.5, 0.6) is 0 Å². The largest absolute Gasteiger partial charge is 0.399 e. The van der Waals surface area contributed by atoms with Gasteiger partial charge in [0.1, 0.15) is 0 Å². The van der Waals surface area contributed by atoms with Crippen LogP contribution in [0.15, 0.2) is 18.2 Å². The van der Waals surface area contributed by atoms with E-state index in [-0.39, 0.29) is 5.91 Å². The van der Waals surface area contributed by atoms with Gasteiger partial charge in [0.25, 0.3) is 0 Å². The highest BCUT2D eigenvalue weighted by Gasteiger charge is 2.18. The van der Waals surface area contributed by atoms with E-state index >= 15 is 0 Å². The van der Waals surface area contributed by atoms with E-state index in [0.29, 0.717) is 6.42 Å².